The molecule has 15 heavy (non-hydrogen) atoms. The summed E-state index contributed by atoms with van der Waals surface area (Å²) in [6, 6.07) is 0. The lowest BCUT2D eigenvalue weighted by molar-refractivity contribution is -0.0846. The Morgan fingerprint density at radius 3 is 2.33 bits per heavy atom. The molecule has 0 bridgehead atoms. The number of methoxy groups -OCH3 is 1. The fourth-order valence-electron chi connectivity index (χ4n) is 1.87. The van der Waals surface area contributed by atoms with Crippen molar-refractivity contribution in [1.82, 2.24) is 9.97 Å². The monoisotopic (exact) mass is 207 g/mol. The first-order valence-corrected chi connectivity index (χ1v) is 5.25. The molecule has 82 valence electrons. The molecule has 2 N–H and O–H groups in total. The molecule has 0 radical (unpaired) electrons. The van der Waals surface area contributed by atoms with Gasteiger partial charge in [-0.1, -0.05) is 0 Å². The van der Waals surface area contributed by atoms with Gasteiger partial charge < -0.3 is 10.5 Å². The van der Waals surface area contributed by atoms with Gasteiger partial charge in [-0.05, 0) is 33.1 Å². The number of rotatable bonds is 2. The highest BCUT2D eigenvalue weighted by Crippen LogP contribution is 2.42. The molecule has 1 aliphatic rings. The van der Waals surface area contributed by atoms with Gasteiger partial charge >= 0.3 is 0 Å². The number of hydrogen-bond donors (Lipinski definition) is 1. The number of ether oxygens (including phenoxy) is 1. The molecule has 0 aliphatic heterocycles. The normalized spacial score (nSPS) is 18.6. The molecule has 0 atom stereocenters. The maximum absolute atomic E-state index is 5.84. The third-order valence-electron chi connectivity index (χ3n) is 3.39. The first-order valence-electron chi connectivity index (χ1n) is 5.25. The van der Waals surface area contributed by atoms with Crippen molar-refractivity contribution in [1.29, 1.82) is 0 Å². The Hall–Kier alpha value is -1.16. The zero-order valence-corrected chi connectivity index (χ0v) is 9.50. The van der Waals surface area contributed by atoms with Crippen molar-refractivity contribution < 1.29 is 4.74 Å². The Bertz CT molecular complexity index is 357. The van der Waals surface area contributed by atoms with Gasteiger partial charge in [0.05, 0.1) is 0 Å². The van der Waals surface area contributed by atoms with Crippen LogP contribution in [-0.4, -0.2) is 17.1 Å². The lowest BCUT2D eigenvalue weighted by atomic mass is 9.79. The molecule has 4 nitrogen and oxygen atoms in total. The van der Waals surface area contributed by atoms with E-state index in [0.717, 1.165) is 29.9 Å². The first-order chi connectivity index (χ1) is 7.09. The highest BCUT2D eigenvalue weighted by atomic mass is 16.5. The minimum absolute atomic E-state index is 0.271. The molecule has 4 heteroatoms. The third kappa shape index (κ3) is 1.49. The maximum atomic E-state index is 5.84. The lowest BCUT2D eigenvalue weighted by Gasteiger charge is -2.39. The average Bonchev–Trinajstić information content (AvgIpc) is 2.13. The van der Waals surface area contributed by atoms with E-state index in [-0.39, 0.29) is 5.60 Å². The summed E-state index contributed by atoms with van der Waals surface area (Å²) in [5.74, 6) is 1.32. The standard InChI is InChI=1S/C11H17N3O/c1-7-8(2)13-10(14-9(7)12)11(15-3)5-4-6-11/h4-6H2,1-3H3,(H2,12,13,14). The van der Waals surface area contributed by atoms with E-state index in [4.69, 9.17) is 10.5 Å². The Balaban J connectivity index is 2.45. The van der Waals surface area contributed by atoms with E-state index < -0.39 is 0 Å². The molecule has 0 spiro atoms. The topological polar surface area (TPSA) is 61.0 Å². The molecule has 1 aliphatic carbocycles. The van der Waals surface area contributed by atoms with Crippen LogP contribution in [0.2, 0.25) is 0 Å². The quantitative estimate of drug-likeness (QED) is 0.801. The summed E-state index contributed by atoms with van der Waals surface area (Å²) in [5, 5.41) is 0. The van der Waals surface area contributed by atoms with Gasteiger partial charge in [0.1, 0.15) is 11.4 Å². The summed E-state index contributed by atoms with van der Waals surface area (Å²) in [4.78, 5) is 8.82. The minimum Gasteiger partial charge on any atom is -0.383 e. The number of nitrogen functional groups attached to an aromatic ring is 1. The number of aryl methyl sites for hydroxylation is 1. The van der Waals surface area contributed by atoms with Gasteiger partial charge in [0, 0.05) is 18.4 Å². The molecular formula is C11H17N3O. The van der Waals surface area contributed by atoms with E-state index in [1.807, 2.05) is 13.8 Å². The van der Waals surface area contributed by atoms with Crippen LogP contribution in [0.4, 0.5) is 5.82 Å². The molecule has 0 amide bonds. The average molecular weight is 207 g/mol. The second-order valence-corrected chi connectivity index (χ2v) is 4.19. The van der Waals surface area contributed by atoms with Crippen LogP contribution in [0.5, 0.6) is 0 Å². The fourth-order valence-corrected chi connectivity index (χ4v) is 1.87. The summed E-state index contributed by atoms with van der Waals surface area (Å²) in [6.45, 7) is 3.90. The Labute approximate surface area is 89.9 Å². The van der Waals surface area contributed by atoms with Gasteiger partial charge in [-0.2, -0.15) is 0 Å². The molecule has 0 saturated heterocycles. The van der Waals surface area contributed by atoms with Crippen molar-refractivity contribution in [3.05, 3.63) is 17.1 Å². The van der Waals surface area contributed by atoms with Crippen molar-refractivity contribution in [2.75, 3.05) is 12.8 Å². The van der Waals surface area contributed by atoms with Crippen molar-refractivity contribution in [3.8, 4) is 0 Å². The van der Waals surface area contributed by atoms with Gasteiger partial charge in [-0.3, -0.25) is 0 Å². The summed E-state index contributed by atoms with van der Waals surface area (Å²) < 4.78 is 5.53. The summed E-state index contributed by atoms with van der Waals surface area (Å²) >= 11 is 0. The Kier molecular flexibility index (Phi) is 2.38. The second-order valence-electron chi connectivity index (χ2n) is 4.19. The van der Waals surface area contributed by atoms with E-state index in [2.05, 4.69) is 9.97 Å². The molecule has 1 aromatic rings. The number of nitrogens with two attached hydrogens (primary N) is 1. The van der Waals surface area contributed by atoms with Gasteiger partial charge in [0.2, 0.25) is 0 Å². The van der Waals surface area contributed by atoms with Crippen LogP contribution in [-0.2, 0) is 10.3 Å². The van der Waals surface area contributed by atoms with Gasteiger partial charge in [-0.15, -0.1) is 0 Å². The zero-order valence-electron chi connectivity index (χ0n) is 9.50. The smallest absolute Gasteiger partial charge is 0.162 e. The van der Waals surface area contributed by atoms with Gasteiger partial charge in [-0.25, -0.2) is 9.97 Å². The van der Waals surface area contributed by atoms with Crippen LogP contribution in [0, 0.1) is 13.8 Å². The number of anilines is 1. The van der Waals surface area contributed by atoms with E-state index in [9.17, 15) is 0 Å². The van der Waals surface area contributed by atoms with Crippen LogP contribution >= 0.6 is 0 Å². The molecule has 0 unspecified atom stereocenters. The van der Waals surface area contributed by atoms with Crippen LogP contribution in [0.15, 0.2) is 0 Å². The van der Waals surface area contributed by atoms with Crippen molar-refractivity contribution in [3.63, 3.8) is 0 Å². The highest BCUT2D eigenvalue weighted by molar-refractivity contribution is 5.41. The van der Waals surface area contributed by atoms with E-state index in [1.54, 1.807) is 7.11 Å². The van der Waals surface area contributed by atoms with Crippen LogP contribution in [0.3, 0.4) is 0 Å². The first kappa shape index (κ1) is 10.4. The van der Waals surface area contributed by atoms with Gasteiger partial charge in [0.15, 0.2) is 5.82 Å². The summed E-state index contributed by atoms with van der Waals surface area (Å²) in [7, 11) is 1.72. The van der Waals surface area contributed by atoms with E-state index in [0.29, 0.717) is 5.82 Å². The molecular weight excluding hydrogens is 190 g/mol. The van der Waals surface area contributed by atoms with Crippen LogP contribution in [0.25, 0.3) is 0 Å². The molecule has 1 saturated carbocycles. The summed E-state index contributed by atoms with van der Waals surface area (Å²) in [6.07, 6.45) is 3.15. The molecule has 1 fully saturated rings. The highest BCUT2D eigenvalue weighted by Gasteiger charge is 2.42. The Morgan fingerprint density at radius 2 is 1.93 bits per heavy atom. The molecule has 0 aromatic carbocycles. The number of hydrogen-bond acceptors (Lipinski definition) is 4. The van der Waals surface area contributed by atoms with Gasteiger partial charge in [0.25, 0.3) is 0 Å². The van der Waals surface area contributed by atoms with Crippen molar-refractivity contribution in [2.45, 2.75) is 38.7 Å². The molecule has 2 rings (SSSR count). The molecule has 1 heterocycles. The third-order valence-corrected chi connectivity index (χ3v) is 3.39. The molecule has 1 aromatic heterocycles. The largest absolute Gasteiger partial charge is 0.383 e. The zero-order chi connectivity index (χ0) is 11.1. The predicted octanol–water partition coefficient (Wildman–Crippen LogP) is 1.70. The summed E-state index contributed by atoms with van der Waals surface area (Å²) in [5.41, 5.74) is 7.48. The maximum Gasteiger partial charge on any atom is 0.162 e. The second kappa shape index (κ2) is 3.45. The predicted molar refractivity (Wildman–Crippen MR) is 58.5 cm³/mol. The van der Waals surface area contributed by atoms with Crippen molar-refractivity contribution >= 4 is 5.82 Å². The SMILES string of the molecule is COC1(c2nc(C)c(C)c(N)n2)CCC1. The van der Waals surface area contributed by atoms with Crippen molar-refractivity contribution in [2.24, 2.45) is 0 Å². The lowest BCUT2D eigenvalue weighted by Crippen LogP contribution is -2.38. The van der Waals surface area contributed by atoms with Crippen LogP contribution < -0.4 is 5.73 Å². The van der Waals surface area contributed by atoms with E-state index in [1.165, 1.54) is 6.42 Å². The van der Waals surface area contributed by atoms with Crippen LogP contribution in [0.1, 0.15) is 36.3 Å². The fraction of sp³-hybridized carbons (Fsp3) is 0.636. The van der Waals surface area contributed by atoms with E-state index >= 15 is 0 Å². The number of aromatic nitrogens is 2. The minimum atomic E-state index is -0.271. The number of nitrogens with zero attached hydrogens (tertiary/aromatic N) is 2. The Morgan fingerprint density at radius 1 is 1.27 bits per heavy atom.